The Bertz CT molecular complexity index is 1120. The van der Waals surface area contributed by atoms with Gasteiger partial charge in [-0.25, -0.2) is 17.2 Å². The van der Waals surface area contributed by atoms with Crippen molar-refractivity contribution in [1.29, 1.82) is 0 Å². The quantitative estimate of drug-likeness (QED) is 0.503. The minimum Gasteiger partial charge on any atom is -0.467 e. The van der Waals surface area contributed by atoms with E-state index in [4.69, 9.17) is 9.47 Å². The van der Waals surface area contributed by atoms with Gasteiger partial charge in [0.25, 0.3) is 5.69 Å². The molecule has 2 aliphatic rings. The molecule has 0 aliphatic carbocycles. The fraction of sp³-hybridized carbons (Fsp3) is 0.368. The Kier molecular flexibility index (Phi) is 5.88. The summed E-state index contributed by atoms with van der Waals surface area (Å²) in [5, 5.41) is 11.3. The number of ether oxygens (including phenoxy) is 2. The average molecular weight is 455 g/mol. The molecular weight excluding hydrogens is 436 g/mol. The molecule has 0 bridgehead atoms. The Morgan fingerprint density at radius 1 is 1.10 bits per heavy atom. The van der Waals surface area contributed by atoms with E-state index in [1.165, 1.54) is 12.1 Å². The second kappa shape index (κ2) is 8.46. The van der Waals surface area contributed by atoms with Gasteiger partial charge in [-0.05, 0) is 12.1 Å². The summed E-state index contributed by atoms with van der Waals surface area (Å²) >= 11 is 0. The number of fused-ring (bicyclic) bond motifs is 1. The maximum atomic E-state index is 14.0. The lowest BCUT2D eigenvalue weighted by atomic mass is 10.1. The van der Waals surface area contributed by atoms with Gasteiger partial charge in [-0.1, -0.05) is 0 Å². The summed E-state index contributed by atoms with van der Waals surface area (Å²) in [5.74, 6) is -1.44. The van der Waals surface area contributed by atoms with E-state index in [0.29, 0.717) is 42.6 Å². The molecule has 2 aromatic rings. The monoisotopic (exact) mass is 455 g/mol. The van der Waals surface area contributed by atoms with E-state index >= 15 is 0 Å². The van der Waals surface area contributed by atoms with Crippen molar-refractivity contribution < 1.29 is 31.6 Å². The average Bonchev–Trinajstić information content (AvgIpc) is 2.73. The van der Waals surface area contributed by atoms with Crippen molar-refractivity contribution in [3.8, 4) is 5.75 Å². The number of rotatable bonds is 5. The van der Waals surface area contributed by atoms with Crippen LogP contribution in [0.1, 0.15) is 11.1 Å². The van der Waals surface area contributed by atoms with Crippen molar-refractivity contribution in [3.05, 3.63) is 63.2 Å². The summed E-state index contributed by atoms with van der Waals surface area (Å²) in [5.41, 5.74) is 1.13. The summed E-state index contributed by atoms with van der Waals surface area (Å²) in [7, 11) is -4.10. The molecule has 2 aromatic carbocycles. The molecular formula is C19H19F2N3O6S. The number of sulfonamides is 1. The zero-order valence-corrected chi connectivity index (χ0v) is 17.1. The third kappa shape index (κ3) is 4.37. The smallest absolute Gasteiger partial charge is 0.270 e. The first-order valence-electron chi connectivity index (χ1n) is 9.44. The Balaban J connectivity index is 1.49. The molecule has 0 atom stereocenters. The largest absolute Gasteiger partial charge is 0.467 e. The topological polar surface area (TPSA) is 102 Å². The first kappa shape index (κ1) is 21.6. The van der Waals surface area contributed by atoms with Crippen molar-refractivity contribution >= 4 is 15.7 Å². The number of nitro benzene ring substituents is 1. The lowest BCUT2D eigenvalue weighted by Gasteiger charge is -2.34. The molecule has 1 saturated heterocycles. The predicted octanol–water partition coefficient (Wildman–Crippen LogP) is 2.25. The van der Waals surface area contributed by atoms with Crippen LogP contribution in [0.3, 0.4) is 0 Å². The molecule has 4 rings (SSSR count). The Labute approximate surface area is 177 Å². The normalized spacial score (nSPS) is 17.7. The van der Waals surface area contributed by atoms with Gasteiger partial charge >= 0.3 is 0 Å². The number of hydrogen-bond donors (Lipinski definition) is 0. The van der Waals surface area contributed by atoms with Crippen LogP contribution in [0.4, 0.5) is 14.5 Å². The molecule has 1 fully saturated rings. The molecule has 0 aromatic heterocycles. The first-order valence-corrected chi connectivity index (χ1v) is 10.9. The number of benzene rings is 2. The highest BCUT2D eigenvalue weighted by Crippen LogP contribution is 2.33. The van der Waals surface area contributed by atoms with E-state index in [0.717, 1.165) is 16.4 Å². The van der Waals surface area contributed by atoms with Crippen molar-refractivity contribution in [2.24, 2.45) is 0 Å². The van der Waals surface area contributed by atoms with E-state index in [1.54, 1.807) is 0 Å². The van der Waals surface area contributed by atoms with E-state index in [9.17, 15) is 27.3 Å². The molecule has 0 saturated carbocycles. The maximum absolute atomic E-state index is 14.0. The molecule has 9 nitrogen and oxygen atoms in total. The lowest BCUT2D eigenvalue weighted by Crippen LogP contribution is -2.48. The SMILES string of the molecule is O=[N+]([O-])c1cc2c(c(CN3CCN(S(=O)(=O)c4ccc(F)cc4F)CC3)c1)OCOC2. The molecule has 166 valence electrons. The zero-order valence-electron chi connectivity index (χ0n) is 16.3. The van der Waals surface area contributed by atoms with Crippen LogP contribution in [-0.2, 0) is 27.9 Å². The second-order valence-electron chi connectivity index (χ2n) is 7.22. The van der Waals surface area contributed by atoms with Gasteiger partial charge in [0, 0.05) is 62.0 Å². The van der Waals surface area contributed by atoms with Crippen LogP contribution in [0.2, 0.25) is 0 Å². The van der Waals surface area contributed by atoms with Crippen LogP contribution in [-0.4, -0.2) is 55.5 Å². The highest BCUT2D eigenvalue weighted by atomic mass is 32.2. The van der Waals surface area contributed by atoms with Gasteiger partial charge in [0.05, 0.1) is 11.5 Å². The molecule has 0 amide bonds. The predicted molar refractivity (Wildman–Crippen MR) is 104 cm³/mol. The number of nitro groups is 1. The number of nitrogens with zero attached hydrogens (tertiary/aromatic N) is 3. The lowest BCUT2D eigenvalue weighted by molar-refractivity contribution is -0.385. The standard InChI is InChI=1S/C19H19F2N3O6S/c20-15-1-2-18(17(21)9-15)31(27,28)23-5-3-22(4-6-23)10-13-7-16(24(25)26)8-14-11-29-12-30-19(13)14/h1-2,7-9H,3-6,10-12H2. The molecule has 2 aliphatic heterocycles. The fourth-order valence-corrected chi connectivity index (χ4v) is 5.16. The summed E-state index contributed by atoms with van der Waals surface area (Å²) in [4.78, 5) is 12.1. The second-order valence-corrected chi connectivity index (χ2v) is 9.12. The van der Waals surface area contributed by atoms with Crippen molar-refractivity contribution in [2.75, 3.05) is 33.0 Å². The third-order valence-corrected chi connectivity index (χ3v) is 7.15. The van der Waals surface area contributed by atoms with Crippen molar-refractivity contribution in [1.82, 2.24) is 9.21 Å². The molecule has 0 radical (unpaired) electrons. The molecule has 0 spiro atoms. The highest BCUT2D eigenvalue weighted by Gasteiger charge is 2.31. The summed E-state index contributed by atoms with van der Waals surface area (Å²) < 4.78 is 64.5. The summed E-state index contributed by atoms with van der Waals surface area (Å²) in [6, 6.07) is 5.22. The first-order chi connectivity index (χ1) is 14.8. The van der Waals surface area contributed by atoms with Crippen LogP contribution >= 0.6 is 0 Å². The fourth-order valence-electron chi connectivity index (χ4n) is 3.70. The van der Waals surface area contributed by atoms with E-state index in [1.807, 2.05) is 4.90 Å². The van der Waals surface area contributed by atoms with Crippen LogP contribution in [0.5, 0.6) is 5.75 Å². The number of halogens is 2. The Morgan fingerprint density at radius 3 is 2.52 bits per heavy atom. The van der Waals surface area contributed by atoms with Crippen LogP contribution in [0, 0.1) is 21.7 Å². The van der Waals surface area contributed by atoms with Crippen molar-refractivity contribution in [3.63, 3.8) is 0 Å². The Morgan fingerprint density at radius 2 is 1.84 bits per heavy atom. The van der Waals surface area contributed by atoms with Crippen molar-refractivity contribution in [2.45, 2.75) is 18.0 Å². The minimum absolute atomic E-state index is 0.0487. The summed E-state index contributed by atoms with van der Waals surface area (Å²) in [6.07, 6.45) is 0. The maximum Gasteiger partial charge on any atom is 0.270 e. The van der Waals surface area contributed by atoms with E-state index < -0.39 is 31.5 Å². The van der Waals surface area contributed by atoms with E-state index in [2.05, 4.69) is 0 Å². The van der Waals surface area contributed by atoms with Gasteiger partial charge in [0.15, 0.2) is 6.79 Å². The summed E-state index contributed by atoms with van der Waals surface area (Å²) in [6.45, 7) is 1.43. The van der Waals surface area contributed by atoms with Gasteiger partial charge in [-0.3, -0.25) is 15.0 Å². The number of non-ortho nitro benzene ring substituents is 1. The highest BCUT2D eigenvalue weighted by molar-refractivity contribution is 7.89. The van der Waals surface area contributed by atoms with Crippen LogP contribution in [0.25, 0.3) is 0 Å². The third-order valence-electron chi connectivity index (χ3n) is 5.22. The van der Waals surface area contributed by atoms with Crippen LogP contribution < -0.4 is 4.74 Å². The van der Waals surface area contributed by atoms with Gasteiger partial charge in [-0.2, -0.15) is 4.31 Å². The van der Waals surface area contributed by atoms with Gasteiger partial charge < -0.3 is 9.47 Å². The van der Waals surface area contributed by atoms with Gasteiger partial charge in [-0.15, -0.1) is 0 Å². The van der Waals surface area contributed by atoms with Gasteiger partial charge in [0.1, 0.15) is 22.3 Å². The number of hydrogen-bond acceptors (Lipinski definition) is 7. The molecule has 12 heteroatoms. The molecule has 2 heterocycles. The molecule has 0 N–H and O–H groups in total. The van der Waals surface area contributed by atoms with Crippen LogP contribution in [0.15, 0.2) is 35.2 Å². The van der Waals surface area contributed by atoms with E-state index in [-0.39, 0.29) is 32.2 Å². The minimum atomic E-state index is -4.10. The zero-order chi connectivity index (χ0) is 22.2. The number of piperazine rings is 1. The Hall–Kier alpha value is -2.67. The van der Waals surface area contributed by atoms with Gasteiger partial charge in [0.2, 0.25) is 10.0 Å². The molecule has 0 unspecified atom stereocenters. The molecule has 31 heavy (non-hydrogen) atoms.